The summed E-state index contributed by atoms with van der Waals surface area (Å²) < 4.78 is 29.3. The third kappa shape index (κ3) is 2.02. The lowest BCUT2D eigenvalue weighted by Gasteiger charge is -2.07. The zero-order chi connectivity index (χ0) is 14.3. The molecule has 2 aromatic heterocycles. The van der Waals surface area contributed by atoms with Gasteiger partial charge in [-0.2, -0.15) is 0 Å². The van der Waals surface area contributed by atoms with Crippen molar-refractivity contribution in [1.29, 1.82) is 0 Å². The molecule has 0 radical (unpaired) electrons. The van der Waals surface area contributed by atoms with Crippen LogP contribution in [0.15, 0.2) is 30.5 Å². The number of nitrogens with zero attached hydrogens (tertiary/aromatic N) is 2. The maximum Gasteiger partial charge on any atom is 0.184 e. The second kappa shape index (κ2) is 4.79. The number of rotatable bonds is 2. The van der Waals surface area contributed by atoms with Gasteiger partial charge in [-0.3, -0.25) is 4.98 Å². The minimum atomic E-state index is -0.900. The van der Waals surface area contributed by atoms with Gasteiger partial charge in [0.25, 0.3) is 0 Å². The summed E-state index contributed by atoms with van der Waals surface area (Å²) in [5, 5.41) is 0. The van der Waals surface area contributed by atoms with Crippen LogP contribution in [0.4, 0.5) is 8.78 Å². The zero-order valence-electron chi connectivity index (χ0n) is 10.7. The monoisotopic (exact) mass is 291 g/mol. The molecule has 0 atom stereocenters. The first-order valence-corrected chi connectivity index (χ1v) is 6.46. The molecule has 1 aromatic carbocycles. The first-order valence-electron chi connectivity index (χ1n) is 6.05. The molecule has 0 bridgehead atoms. The van der Waals surface area contributed by atoms with E-state index < -0.39 is 11.6 Å². The lowest BCUT2D eigenvalue weighted by Crippen LogP contribution is -2.05. The van der Waals surface area contributed by atoms with Gasteiger partial charge in [-0.15, -0.1) is 0 Å². The molecule has 102 valence electrons. The van der Waals surface area contributed by atoms with Crippen LogP contribution in [0.1, 0.15) is 11.3 Å². The number of hydrogen-bond acceptors (Lipinski definition) is 2. The average Bonchev–Trinajstić information content (AvgIpc) is 2.74. The smallest absolute Gasteiger partial charge is 0.184 e. The van der Waals surface area contributed by atoms with Crippen LogP contribution in [0.5, 0.6) is 0 Å². The number of H-pyrrole nitrogens is 1. The normalized spacial score (nSPS) is 11.2. The molecule has 0 fully saturated rings. The molecule has 2 heterocycles. The SMILES string of the molecule is Cc1cccnc1Cn1c(=S)[nH]c2ccc(F)c(F)c21. The van der Waals surface area contributed by atoms with E-state index in [2.05, 4.69) is 9.97 Å². The van der Waals surface area contributed by atoms with E-state index in [9.17, 15) is 8.78 Å². The molecular formula is C14H11F2N3S. The summed E-state index contributed by atoms with van der Waals surface area (Å²) in [6, 6.07) is 6.30. The van der Waals surface area contributed by atoms with Crippen molar-refractivity contribution < 1.29 is 8.78 Å². The molecule has 20 heavy (non-hydrogen) atoms. The van der Waals surface area contributed by atoms with Gasteiger partial charge in [0.15, 0.2) is 16.4 Å². The number of pyridine rings is 1. The number of halogens is 2. The number of benzene rings is 1. The number of nitrogens with one attached hydrogen (secondary N) is 1. The van der Waals surface area contributed by atoms with Crippen molar-refractivity contribution in [2.24, 2.45) is 0 Å². The molecule has 3 nitrogen and oxygen atoms in total. The van der Waals surface area contributed by atoms with Gasteiger partial charge >= 0.3 is 0 Å². The Bertz CT molecular complexity index is 851. The minimum absolute atomic E-state index is 0.139. The molecule has 0 spiro atoms. The van der Waals surface area contributed by atoms with Crippen LogP contribution in [0, 0.1) is 23.3 Å². The quantitative estimate of drug-likeness (QED) is 0.730. The molecule has 6 heteroatoms. The lowest BCUT2D eigenvalue weighted by atomic mass is 10.2. The van der Waals surface area contributed by atoms with Crippen molar-refractivity contribution in [2.75, 3.05) is 0 Å². The lowest BCUT2D eigenvalue weighted by molar-refractivity contribution is 0.512. The van der Waals surface area contributed by atoms with Crippen molar-refractivity contribution in [3.63, 3.8) is 0 Å². The van der Waals surface area contributed by atoms with Crippen LogP contribution in [-0.2, 0) is 6.54 Å². The molecule has 0 aliphatic carbocycles. The standard InChI is InChI=1S/C14H11F2N3S/c1-8-3-2-6-17-11(8)7-19-13-10(18-14(19)20)5-4-9(15)12(13)16/h2-6H,7H2,1H3,(H,18,20). The Morgan fingerprint density at radius 3 is 2.85 bits per heavy atom. The average molecular weight is 291 g/mol. The highest BCUT2D eigenvalue weighted by atomic mass is 32.1. The Balaban J connectivity index is 2.22. The topological polar surface area (TPSA) is 33.6 Å². The summed E-state index contributed by atoms with van der Waals surface area (Å²) in [5.41, 5.74) is 2.36. The Hall–Kier alpha value is -2.08. The van der Waals surface area contributed by atoms with E-state index in [-0.39, 0.29) is 5.52 Å². The van der Waals surface area contributed by atoms with Gasteiger partial charge in [0.2, 0.25) is 0 Å². The zero-order valence-corrected chi connectivity index (χ0v) is 11.5. The van der Waals surface area contributed by atoms with Gasteiger partial charge in [0.05, 0.1) is 17.8 Å². The predicted octanol–water partition coefficient (Wildman–Crippen LogP) is 3.73. The third-order valence-corrected chi connectivity index (χ3v) is 3.57. The van der Waals surface area contributed by atoms with E-state index in [1.54, 1.807) is 6.20 Å². The summed E-state index contributed by atoms with van der Waals surface area (Å²) in [4.78, 5) is 7.13. The largest absolute Gasteiger partial charge is 0.330 e. The Labute approximate surface area is 118 Å². The molecule has 0 aliphatic rings. The number of hydrogen-bond donors (Lipinski definition) is 1. The minimum Gasteiger partial charge on any atom is -0.330 e. The molecular weight excluding hydrogens is 280 g/mol. The van der Waals surface area contributed by atoms with Crippen LogP contribution in [-0.4, -0.2) is 14.5 Å². The van der Waals surface area contributed by atoms with Crippen LogP contribution >= 0.6 is 12.2 Å². The number of fused-ring (bicyclic) bond motifs is 1. The van der Waals surface area contributed by atoms with Gasteiger partial charge in [-0.25, -0.2) is 8.78 Å². The predicted molar refractivity (Wildman–Crippen MR) is 75.1 cm³/mol. The molecule has 0 saturated carbocycles. The number of aromatic nitrogens is 3. The van der Waals surface area contributed by atoms with E-state index in [1.165, 1.54) is 10.6 Å². The second-order valence-corrected chi connectivity index (χ2v) is 4.93. The Morgan fingerprint density at radius 1 is 1.30 bits per heavy atom. The molecule has 0 aliphatic heterocycles. The van der Waals surface area contributed by atoms with E-state index in [0.29, 0.717) is 16.8 Å². The first kappa shape index (κ1) is 12.9. The van der Waals surface area contributed by atoms with Crippen LogP contribution in [0.2, 0.25) is 0 Å². The fraction of sp³-hybridized carbons (Fsp3) is 0.143. The molecule has 1 N–H and O–H groups in total. The number of imidazole rings is 1. The molecule has 0 unspecified atom stereocenters. The van der Waals surface area contributed by atoms with E-state index >= 15 is 0 Å². The highest BCUT2D eigenvalue weighted by Gasteiger charge is 2.14. The molecule has 0 amide bonds. The van der Waals surface area contributed by atoms with Gasteiger partial charge in [-0.1, -0.05) is 6.07 Å². The van der Waals surface area contributed by atoms with E-state index in [1.807, 2.05) is 19.1 Å². The van der Waals surface area contributed by atoms with Crippen LogP contribution < -0.4 is 0 Å². The maximum atomic E-state index is 14.0. The van der Waals surface area contributed by atoms with Crippen molar-refractivity contribution >= 4 is 23.3 Å². The highest BCUT2D eigenvalue weighted by molar-refractivity contribution is 7.71. The Kier molecular flexibility index (Phi) is 3.10. The summed E-state index contributed by atoms with van der Waals surface area (Å²) >= 11 is 5.19. The molecule has 0 saturated heterocycles. The van der Waals surface area contributed by atoms with Gasteiger partial charge in [-0.05, 0) is 42.9 Å². The van der Waals surface area contributed by atoms with Gasteiger partial charge in [0, 0.05) is 6.20 Å². The third-order valence-electron chi connectivity index (χ3n) is 3.25. The molecule has 3 aromatic rings. The Morgan fingerprint density at radius 2 is 2.10 bits per heavy atom. The molecule has 3 rings (SSSR count). The first-order chi connectivity index (χ1) is 9.58. The summed E-state index contributed by atoms with van der Waals surface area (Å²) in [6.45, 7) is 2.21. The summed E-state index contributed by atoms with van der Waals surface area (Å²) in [7, 11) is 0. The summed E-state index contributed by atoms with van der Waals surface area (Å²) in [5.74, 6) is -1.79. The fourth-order valence-corrected chi connectivity index (χ4v) is 2.44. The number of aryl methyl sites for hydroxylation is 1. The number of aromatic amines is 1. The van der Waals surface area contributed by atoms with Crippen LogP contribution in [0.3, 0.4) is 0 Å². The van der Waals surface area contributed by atoms with Crippen molar-refractivity contribution in [2.45, 2.75) is 13.5 Å². The highest BCUT2D eigenvalue weighted by Crippen LogP contribution is 2.21. The maximum absolute atomic E-state index is 14.0. The second-order valence-electron chi connectivity index (χ2n) is 4.54. The van der Waals surface area contributed by atoms with Crippen molar-refractivity contribution in [3.05, 3.63) is 58.1 Å². The summed E-state index contributed by atoms with van der Waals surface area (Å²) in [6.07, 6.45) is 1.66. The van der Waals surface area contributed by atoms with E-state index in [0.717, 1.165) is 17.3 Å². The van der Waals surface area contributed by atoms with Crippen LogP contribution in [0.25, 0.3) is 11.0 Å². The van der Waals surface area contributed by atoms with Gasteiger partial charge in [0.1, 0.15) is 5.52 Å². The van der Waals surface area contributed by atoms with Crippen molar-refractivity contribution in [3.8, 4) is 0 Å². The van der Waals surface area contributed by atoms with Gasteiger partial charge < -0.3 is 9.55 Å². The van der Waals surface area contributed by atoms with E-state index in [4.69, 9.17) is 12.2 Å². The van der Waals surface area contributed by atoms with Crippen molar-refractivity contribution in [1.82, 2.24) is 14.5 Å². The fourth-order valence-electron chi connectivity index (χ4n) is 2.17.